The van der Waals surface area contributed by atoms with Crippen molar-refractivity contribution in [2.24, 2.45) is 177 Å². The molecule has 0 aromatic heterocycles. The van der Waals surface area contributed by atoms with Crippen LogP contribution < -0.4 is 5.32 Å². The highest BCUT2D eigenvalue weighted by Gasteiger charge is 2.64. The maximum atomic E-state index is 12.8. The largest absolute Gasteiger partial charge is 0.462 e. The van der Waals surface area contributed by atoms with Crippen molar-refractivity contribution in [3.63, 3.8) is 0 Å². The zero-order valence-electron chi connectivity index (χ0n) is 92.3. The van der Waals surface area contributed by atoms with Gasteiger partial charge in [-0.15, -0.1) is 0 Å². The molecule has 20 saturated carbocycles. The first-order valence-corrected chi connectivity index (χ1v) is 55.2. The second-order valence-corrected chi connectivity index (χ2v) is 53.2. The molecule has 20 rings (SSSR count). The molecule has 0 aliphatic heterocycles. The quantitative estimate of drug-likeness (QED) is 0.0413. The summed E-state index contributed by atoms with van der Waals surface area (Å²) in [5.41, 5.74) is -2.37. The average Bonchev–Trinajstić information content (AvgIpc) is 1.54. The van der Waals surface area contributed by atoms with Crippen molar-refractivity contribution in [1.29, 1.82) is 0 Å². The van der Waals surface area contributed by atoms with Gasteiger partial charge in [0.25, 0.3) is 0 Å². The Morgan fingerprint density at radius 1 is 0.326 bits per heavy atom. The van der Waals surface area contributed by atoms with E-state index in [0.717, 1.165) is 148 Å². The van der Waals surface area contributed by atoms with Gasteiger partial charge in [-0.05, 0) is 390 Å². The molecule has 802 valence electrons. The summed E-state index contributed by atoms with van der Waals surface area (Å²) in [6, 6.07) is 0. The van der Waals surface area contributed by atoms with Crippen molar-refractivity contribution in [3.05, 3.63) is 0 Å². The lowest BCUT2D eigenvalue weighted by Gasteiger charge is -2.57. The Labute approximate surface area is 845 Å². The first kappa shape index (κ1) is 115. The van der Waals surface area contributed by atoms with Crippen molar-refractivity contribution in [2.75, 3.05) is 20.5 Å². The summed E-state index contributed by atoms with van der Waals surface area (Å²) >= 11 is 0. The molecule has 0 radical (unpaired) electrons. The fraction of sp³-hybridized carbons (Fsp3) is 0.896. The normalized spacial score (nSPS) is 35.5. The number of carbonyl (C=O) groups is 12. The van der Waals surface area contributed by atoms with Crippen LogP contribution in [0.3, 0.4) is 0 Å². The third-order valence-corrected chi connectivity index (χ3v) is 37.0. The Balaban J connectivity index is 0.000000162. The molecule has 0 heterocycles. The molecule has 26 heteroatoms. The van der Waals surface area contributed by atoms with Crippen LogP contribution in [0.15, 0.2) is 0 Å². The number of carbonyl (C=O) groups excluding carboxylic acids is 12. The molecule has 26 nitrogen and oxygen atoms in total. The molecule has 20 aliphatic rings. The topological polar surface area (TPSA) is 337 Å². The second-order valence-electron chi connectivity index (χ2n) is 53.2. The van der Waals surface area contributed by atoms with Crippen LogP contribution in [0.2, 0.25) is 0 Å². The fourth-order valence-corrected chi connectivity index (χ4v) is 28.9. The third kappa shape index (κ3) is 29.4. The van der Waals surface area contributed by atoms with Crippen LogP contribution >= 0.6 is 0 Å². The van der Waals surface area contributed by atoms with Gasteiger partial charge < -0.3 is 66.9 Å². The van der Waals surface area contributed by atoms with Crippen molar-refractivity contribution in [3.8, 4) is 0 Å². The maximum absolute atomic E-state index is 12.8. The standard InChI is InChI=1S/C20H33NO3.C20H32O5.C20H32O4.C20H34O4.C18H28O5.C17H28O4/c1-12(13(2)18(23)24-19(3,4)5)17(22)21-20-9-14-6-15(10-20)8-16(7-14)11-20;1-5-23-14(4)24-18(21)12(2)13(3)19(22)25-20-9-15-6-16(10-20)8-17(7-15)11-20;1-11(12(2)19(22)24-20(3,4)5)18(21)23-17-15-7-13-6-14(9-15)10-16(17)8-13;1-12(13(2)17(22)24-18(3,4)5)16(21)23-15-11-14-9-10-20(15,8)19(14,6)7;1-11(16(19)22-10-21-3)12(2)17(20)23-18-7-13-4-14(8-18)6-15(5-13)9-18;1-10(11(2)16(19)21-17(3,4)5)15(18)20-14-9-12-6-7-13(14)8-12/h12-16H,6-11H2,1-5H3,(H,21,22);12-17H,5-11H2,1-4H3;11-17H,6-10H2,1-5H3;12-15H,9-11H2,1-8H3;11-15H,4-10H2,1-3H3;10-14H,6-9H2,1-5H3. The van der Waals surface area contributed by atoms with Crippen LogP contribution in [0, 0.1) is 177 Å². The van der Waals surface area contributed by atoms with Gasteiger partial charge in [0.05, 0.1) is 65.1 Å². The Morgan fingerprint density at radius 2 is 0.645 bits per heavy atom. The second kappa shape index (κ2) is 46.1. The molecule has 20 fully saturated rings. The van der Waals surface area contributed by atoms with E-state index >= 15 is 0 Å². The van der Waals surface area contributed by atoms with Crippen molar-refractivity contribution >= 4 is 71.6 Å². The minimum Gasteiger partial charge on any atom is -0.462 e. The van der Waals surface area contributed by atoms with Crippen LogP contribution in [0.5, 0.6) is 0 Å². The van der Waals surface area contributed by atoms with Gasteiger partial charge in [-0.2, -0.15) is 0 Å². The van der Waals surface area contributed by atoms with Crippen LogP contribution in [0.1, 0.15) is 393 Å². The highest BCUT2D eigenvalue weighted by Crippen LogP contribution is 2.67. The first-order chi connectivity index (χ1) is 65.4. The molecule has 0 aromatic carbocycles. The third-order valence-electron chi connectivity index (χ3n) is 37.0. The summed E-state index contributed by atoms with van der Waals surface area (Å²) < 4.78 is 71.3. The number of esters is 11. The Hall–Kier alpha value is -6.44. The molecule has 20 bridgehead atoms. The molecule has 141 heavy (non-hydrogen) atoms. The van der Waals surface area contributed by atoms with Gasteiger partial charge in [-0.3, -0.25) is 57.5 Å². The van der Waals surface area contributed by atoms with Gasteiger partial charge in [0.2, 0.25) is 5.91 Å². The van der Waals surface area contributed by atoms with Crippen molar-refractivity contribution in [1.82, 2.24) is 5.32 Å². The van der Waals surface area contributed by atoms with Crippen molar-refractivity contribution < 1.29 is 119 Å². The number of methoxy groups -OCH3 is 1. The molecular formula is C115H187NO25. The van der Waals surface area contributed by atoms with E-state index in [9.17, 15) is 57.5 Å². The predicted octanol–water partition coefficient (Wildman–Crippen LogP) is 22.0. The number of ether oxygens (including phenoxy) is 13. The van der Waals surface area contributed by atoms with Gasteiger partial charge in [0.15, 0.2) is 13.1 Å². The minimum atomic E-state index is -0.591. The molecule has 19 atom stereocenters. The van der Waals surface area contributed by atoms with E-state index < -0.39 is 106 Å². The van der Waals surface area contributed by atoms with Crippen LogP contribution in [0.25, 0.3) is 0 Å². The predicted molar refractivity (Wildman–Crippen MR) is 533 cm³/mol. The van der Waals surface area contributed by atoms with Crippen LogP contribution in [-0.2, 0) is 119 Å². The maximum Gasteiger partial charge on any atom is 0.311 e. The minimum absolute atomic E-state index is 0.00768. The van der Waals surface area contributed by atoms with E-state index in [0.29, 0.717) is 30.3 Å². The molecule has 19 unspecified atom stereocenters. The van der Waals surface area contributed by atoms with E-state index in [4.69, 9.17) is 61.6 Å². The van der Waals surface area contributed by atoms with Gasteiger partial charge in [0.1, 0.15) is 51.9 Å². The number of rotatable bonds is 29. The number of fused-ring (bicyclic) bond motifs is 4. The molecule has 1 N–H and O–H groups in total. The zero-order valence-corrected chi connectivity index (χ0v) is 92.3. The van der Waals surface area contributed by atoms with Gasteiger partial charge in [0, 0.05) is 30.6 Å². The summed E-state index contributed by atoms with van der Waals surface area (Å²) in [6.45, 7) is 54.0. The fourth-order valence-electron chi connectivity index (χ4n) is 28.9. The van der Waals surface area contributed by atoms with E-state index in [2.05, 4.69) is 26.1 Å². The Bertz CT molecular complexity index is 4190. The van der Waals surface area contributed by atoms with E-state index in [1.807, 2.05) is 96.9 Å². The molecule has 1 amide bonds. The Kier molecular flexibility index (Phi) is 37.6. The SMILES string of the molecule is CC(C(=O)NC12CC3CC(CC(C3)C1)C2)C(C)C(=O)OC(C)(C)C.CC(C(=O)OC1C2CC3CC(C2)CC1C3)C(C)C(=O)OC(C)(C)C.CC(C(=O)OC1CC2CCC1(C)C2(C)C)C(C)C(=O)OC(C)(C)C.CC(C(=O)OC1CC2CCC1C2)C(C)C(=O)OC(C)(C)C.CCOC(C)OC(=O)C(C)C(C)C(=O)OC12CC3CC(CC(C3)C1)C2.COCOC(=O)C(C)C(C)C(=O)OC12CC3CC(CC(C3)C1)C2. The van der Waals surface area contributed by atoms with Crippen molar-refractivity contribution in [2.45, 2.75) is 457 Å². The van der Waals surface area contributed by atoms with Gasteiger partial charge >= 0.3 is 65.7 Å². The molecular weight excluding hydrogens is 1800 g/mol. The summed E-state index contributed by atoms with van der Waals surface area (Å²) in [7, 11) is 1.46. The molecule has 0 aromatic rings. The lowest BCUT2D eigenvalue weighted by atomic mass is 9.53. The summed E-state index contributed by atoms with van der Waals surface area (Å²) in [4.78, 5) is 148. The lowest BCUT2D eigenvalue weighted by Crippen LogP contribution is -2.61. The van der Waals surface area contributed by atoms with Crippen LogP contribution in [-0.4, -0.2) is 156 Å². The highest BCUT2D eigenvalue weighted by molar-refractivity contribution is 5.87. The summed E-state index contributed by atoms with van der Waals surface area (Å²) in [5, 5.41) is 3.38. The van der Waals surface area contributed by atoms with E-state index in [-0.39, 0.29) is 118 Å². The smallest absolute Gasteiger partial charge is 0.311 e. The molecule has 0 spiro atoms. The monoisotopic (exact) mass is 1980 g/mol. The number of amides is 1. The van der Waals surface area contributed by atoms with E-state index in [1.54, 1.807) is 83.1 Å². The number of hydrogen-bond donors (Lipinski definition) is 1. The van der Waals surface area contributed by atoms with Gasteiger partial charge in [-0.1, -0.05) is 104 Å². The van der Waals surface area contributed by atoms with E-state index in [1.165, 1.54) is 123 Å². The molecule has 0 saturated heterocycles. The number of hydrogen-bond acceptors (Lipinski definition) is 25. The summed E-state index contributed by atoms with van der Waals surface area (Å²) in [5.74, 6) is 2.45. The van der Waals surface area contributed by atoms with Gasteiger partial charge in [-0.25, -0.2) is 0 Å². The summed E-state index contributed by atoms with van der Waals surface area (Å²) in [6.07, 6.45) is 35.2. The lowest BCUT2D eigenvalue weighted by molar-refractivity contribution is -0.197. The zero-order chi connectivity index (χ0) is 104. The highest BCUT2D eigenvalue weighted by atomic mass is 16.7. The van der Waals surface area contributed by atoms with Crippen LogP contribution in [0.4, 0.5) is 0 Å². The number of nitrogens with one attached hydrogen (secondary N) is 1. The average molecular weight is 1980 g/mol. The molecule has 20 aliphatic carbocycles. The Morgan fingerprint density at radius 3 is 0.972 bits per heavy atom. The first-order valence-electron chi connectivity index (χ1n) is 55.2.